The number of rotatable bonds is 5. The first kappa shape index (κ1) is 17.9. The fourth-order valence-corrected chi connectivity index (χ4v) is 2.70. The molecule has 0 radical (unpaired) electrons. The molecule has 2 heterocycles. The Balaban J connectivity index is 1.82. The average molecular weight is 366 g/mol. The second-order valence-corrected chi connectivity index (χ2v) is 5.95. The largest absolute Gasteiger partial charge is 0.491 e. The minimum absolute atomic E-state index is 0.00208. The van der Waals surface area contributed by atoms with Crippen LogP contribution in [0.1, 0.15) is 17.0 Å². The Morgan fingerprint density at radius 3 is 2.50 bits per heavy atom. The molecule has 3 aromatic rings. The predicted octanol–water partition coefficient (Wildman–Crippen LogP) is 2.36. The van der Waals surface area contributed by atoms with Gasteiger partial charge in [-0.1, -0.05) is 28.5 Å². The molecule has 0 fully saturated rings. The van der Waals surface area contributed by atoms with Gasteiger partial charge in [0.2, 0.25) is 0 Å². The van der Waals surface area contributed by atoms with Gasteiger partial charge in [0.1, 0.15) is 5.69 Å². The molecular weight excluding hydrogens is 349 g/mol. The zero-order valence-corrected chi connectivity index (χ0v) is 14.1. The van der Waals surface area contributed by atoms with Crippen molar-refractivity contribution in [2.24, 2.45) is 7.05 Å². The summed E-state index contributed by atoms with van der Waals surface area (Å²) < 4.78 is 41.8. The Morgan fingerprint density at radius 2 is 1.85 bits per heavy atom. The summed E-state index contributed by atoms with van der Waals surface area (Å²) in [7, 11) is 3.09. The number of alkyl halides is 3. The molecule has 3 rings (SSSR count). The van der Waals surface area contributed by atoms with Crippen LogP contribution in [-0.4, -0.2) is 41.8 Å². The van der Waals surface area contributed by atoms with Crippen LogP contribution in [0, 0.1) is 0 Å². The van der Waals surface area contributed by atoms with E-state index in [1.54, 1.807) is 24.1 Å². The van der Waals surface area contributed by atoms with E-state index in [-0.39, 0.29) is 24.5 Å². The Kier molecular flexibility index (Phi) is 4.68. The van der Waals surface area contributed by atoms with Crippen LogP contribution in [0.15, 0.2) is 36.5 Å². The number of benzene rings is 1. The van der Waals surface area contributed by atoms with Gasteiger partial charge in [-0.2, -0.15) is 18.3 Å². The Labute approximate surface area is 147 Å². The standard InChI is InChI=1S/C16H17F3N6O/c1-23(8-11-9-24(2)21-14(11)16(17,18)19)10-13-15(26)20-22-25(13)12-6-4-3-5-7-12/h3-7,9,26H,8,10H2,1-2H3. The summed E-state index contributed by atoms with van der Waals surface area (Å²) in [5.41, 5.74) is 0.226. The van der Waals surface area contributed by atoms with Crippen molar-refractivity contribution in [3.8, 4) is 11.6 Å². The van der Waals surface area contributed by atoms with E-state index in [1.807, 2.05) is 18.2 Å². The summed E-state index contributed by atoms with van der Waals surface area (Å²) in [4.78, 5) is 1.63. The molecule has 0 unspecified atom stereocenters. The van der Waals surface area contributed by atoms with Crippen molar-refractivity contribution in [1.82, 2.24) is 29.7 Å². The maximum Gasteiger partial charge on any atom is 0.435 e. The molecule has 0 aliphatic heterocycles. The molecule has 0 aliphatic rings. The molecular formula is C16H17F3N6O. The highest BCUT2D eigenvalue weighted by Crippen LogP contribution is 2.31. The van der Waals surface area contributed by atoms with Gasteiger partial charge in [0.15, 0.2) is 5.69 Å². The summed E-state index contributed by atoms with van der Waals surface area (Å²) >= 11 is 0. The predicted molar refractivity (Wildman–Crippen MR) is 86.4 cm³/mol. The van der Waals surface area contributed by atoms with Crippen molar-refractivity contribution in [2.75, 3.05) is 7.05 Å². The van der Waals surface area contributed by atoms with Gasteiger partial charge in [-0.25, -0.2) is 4.68 Å². The number of aromatic nitrogens is 5. The van der Waals surface area contributed by atoms with Gasteiger partial charge >= 0.3 is 6.18 Å². The fraction of sp³-hybridized carbons (Fsp3) is 0.312. The van der Waals surface area contributed by atoms with E-state index in [0.717, 1.165) is 4.68 Å². The number of halogens is 3. The molecule has 2 aromatic heterocycles. The van der Waals surface area contributed by atoms with Gasteiger partial charge < -0.3 is 5.11 Å². The molecule has 0 aliphatic carbocycles. The molecule has 1 aromatic carbocycles. The SMILES string of the molecule is CN(Cc1cn(C)nc1C(F)(F)F)Cc1c(O)nnn1-c1ccccc1. The van der Waals surface area contributed by atoms with Gasteiger partial charge in [0.05, 0.1) is 5.69 Å². The van der Waals surface area contributed by atoms with Crippen LogP contribution in [0.3, 0.4) is 0 Å². The van der Waals surface area contributed by atoms with Gasteiger partial charge in [0, 0.05) is 31.9 Å². The number of hydrogen-bond donors (Lipinski definition) is 1. The quantitative estimate of drug-likeness (QED) is 0.751. The topological polar surface area (TPSA) is 72.0 Å². The molecule has 26 heavy (non-hydrogen) atoms. The normalized spacial score (nSPS) is 12.1. The van der Waals surface area contributed by atoms with Gasteiger partial charge in [-0.05, 0) is 19.2 Å². The van der Waals surface area contributed by atoms with Crippen molar-refractivity contribution in [2.45, 2.75) is 19.3 Å². The van der Waals surface area contributed by atoms with Crippen LogP contribution in [0.25, 0.3) is 5.69 Å². The van der Waals surface area contributed by atoms with Crippen LogP contribution in [0.4, 0.5) is 13.2 Å². The highest BCUT2D eigenvalue weighted by molar-refractivity contribution is 5.34. The van der Waals surface area contributed by atoms with E-state index < -0.39 is 11.9 Å². The third kappa shape index (κ3) is 3.69. The van der Waals surface area contributed by atoms with Gasteiger partial charge in [0.25, 0.3) is 5.88 Å². The first-order chi connectivity index (χ1) is 12.3. The molecule has 7 nitrogen and oxygen atoms in total. The lowest BCUT2D eigenvalue weighted by Crippen LogP contribution is -2.21. The van der Waals surface area contributed by atoms with E-state index in [0.29, 0.717) is 11.4 Å². The van der Waals surface area contributed by atoms with E-state index >= 15 is 0 Å². The molecule has 0 amide bonds. The number of aromatic hydroxyl groups is 1. The summed E-state index contributed by atoms with van der Waals surface area (Å²) in [6, 6.07) is 9.05. The molecule has 0 bridgehead atoms. The Hall–Kier alpha value is -2.88. The van der Waals surface area contributed by atoms with Crippen LogP contribution in [0.2, 0.25) is 0 Å². The van der Waals surface area contributed by atoms with Gasteiger partial charge in [-0.15, -0.1) is 0 Å². The van der Waals surface area contributed by atoms with Gasteiger partial charge in [-0.3, -0.25) is 9.58 Å². The van der Waals surface area contributed by atoms with Crippen molar-refractivity contribution in [3.63, 3.8) is 0 Å². The number of hydrogen-bond acceptors (Lipinski definition) is 5. The molecule has 0 saturated carbocycles. The van der Waals surface area contributed by atoms with Crippen molar-refractivity contribution >= 4 is 0 Å². The summed E-state index contributed by atoms with van der Waals surface area (Å²) in [6.45, 7) is 0.155. The van der Waals surface area contributed by atoms with Crippen molar-refractivity contribution < 1.29 is 18.3 Å². The number of nitrogens with zero attached hydrogens (tertiary/aromatic N) is 6. The monoisotopic (exact) mass is 366 g/mol. The molecule has 0 saturated heterocycles. The van der Waals surface area contributed by atoms with Crippen LogP contribution in [-0.2, 0) is 26.3 Å². The second-order valence-electron chi connectivity index (χ2n) is 5.95. The smallest absolute Gasteiger partial charge is 0.435 e. The molecule has 138 valence electrons. The van der Waals surface area contributed by atoms with E-state index in [9.17, 15) is 18.3 Å². The van der Waals surface area contributed by atoms with E-state index in [2.05, 4.69) is 15.4 Å². The first-order valence-electron chi connectivity index (χ1n) is 7.73. The number of aryl methyl sites for hydroxylation is 1. The minimum atomic E-state index is -4.52. The van der Waals surface area contributed by atoms with Crippen molar-refractivity contribution in [1.29, 1.82) is 0 Å². The highest BCUT2D eigenvalue weighted by atomic mass is 19.4. The molecule has 10 heteroatoms. The maximum atomic E-state index is 13.1. The van der Waals surface area contributed by atoms with Crippen LogP contribution >= 0.6 is 0 Å². The number of para-hydroxylation sites is 1. The van der Waals surface area contributed by atoms with Crippen LogP contribution in [0.5, 0.6) is 5.88 Å². The maximum absolute atomic E-state index is 13.1. The first-order valence-corrected chi connectivity index (χ1v) is 7.73. The summed E-state index contributed by atoms with van der Waals surface area (Å²) in [5, 5.41) is 21.0. The molecule has 1 N–H and O–H groups in total. The zero-order valence-electron chi connectivity index (χ0n) is 14.1. The lowest BCUT2D eigenvalue weighted by atomic mass is 10.2. The lowest BCUT2D eigenvalue weighted by Gasteiger charge is -2.17. The van der Waals surface area contributed by atoms with E-state index in [1.165, 1.54) is 17.9 Å². The van der Waals surface area contributed by atoms with Crippen LogP contribution < -0.4 is 0 Å². The average Bonchev–Trinajstić information content (AvgIpc) is 3.11. The summed E-state index contributed by atoms with van der Waals surface area (Å²) in [5.74, 6) is -0.261. The third-order valence-electron chi connectivity index (χ3n) is 3.78. The Bertz CT molecular complexity index is 887. The Morgan fingerprint density at radius 1 is 1.15 bits per heavy atom. The second kappa shape index (κ2) is 6.79. The minimum Gasteiger partial charge on any atom is -0.491 e. The third-order valence-corrected chi connectivity index (χ3v) is 3.78. The van der Waals surface area contributed by atoms with E-state index in [4.69, 9.17) is 0 Å². The molecule has 0 atom stereocenters. The van der Waals surface area contributed by atoms with Crippen molar-refractivity contribution in [3.05, 3.63) is 53.5 Å². The molecule has 0 spiro atoms. The fourth-order valence-electron chi connectivity index (χ4n) is 2.70. The highest BCUT2D eigenvalue weighted by Gasteiger charge is 2.37. The zero-order chi connectivity index (χ0) is 18.9. The lowest BCUT2D eigenvalue weighted by molar-refractivity contribution is -0.142. The summed E-state index contributed by atoms with van der Waals surface area (Å²) in [6.07, 6.45) is -3.18.